The van der Waals surface area contributed by atoms with Crippen LogP contribution in [0.5, 0.6) is 0 Å². The number of tetrazole rings is 1. The molecule has 0 atom stereocenters. The van der Waals surface area contributed by atoms with Crippen molar-refractivity contribution in [1.82, 2.24) is 20.2 Å². The van der Waals surface area contributed by atoms with Crippen molar-refractivity contribution in [1.29, 1.82) is 0 Å². The van der Waals surface area contributed by atoms with Gasteiger partial charge in [-0.2, -0.15) is 0 Å². The molecule has 2 rings (SSSR count). The molecule has 0 saturated heterocycles. The van der Waals surface area contributed by atoms with Crippen LogP contribution < -0.4 is 5.73 Å². The molecule has 0 aliphatic rings. The molecule has 21 heavy (non-hydrogen) atoms. The fourth-order valence-corrected chi connectivity index (χ4v) is 2.09. The summed E-state index contributed by atoms with van der Waals surface area (Å²) in [6, 6.07) is 5.40. The Kier molecular flexibility index (Phi) is 5.52. The molecule has 2 N–H and O–H groups in total. The molecule has 1 aromatic carbocycles. The highest BCUT2D eigenvalue weighted by Crippen LogP contribution is 2.25. The zero-order valence-corrected chi connectivity index (χ0v) is 13.0. The van der Waals surface area contributed by atoms with Gasteiger partial charge in [-0.05, 0) is 55.3 Å². The van der Waals surface area contributed by atoms with E-state index in [0.717, 1.165) is 31.6 Å². The van der Waals surface area contributed by atoms with Crippen molar-refractivity contribution in [2.24, 2.45) is 0 Å². The number of hydrogen-bond acceptors (Lipinski definition) is 5. The first-order valence-electron chi connectivity index (χ1n) is 7.01. The van der Waals surface area contributed by atoms with Crippen molar-refractivity contribution < 1.29 is 4.74 Å². The first kappa shape index (κ1) is 15.7. The predicted octanol–water partition coefficient (Wildman–Crippen LogP) is 2.78. The van der Waals surface area contributed by atoms with E-state index in [1.807, 2.05) is 19.9 Å². The number of anilines is 1. The second-order valence-electron chi connectivity index (χ2n) is 5.09. The first-order valence-corrected chi connectivity index (χ1v) is 7.39. The van der Waals surface area contributed by atoms with Crippen LogP contribution in [-0.2, 0) is 11.3 Å². The highest BCUT2D eigenvalue weighted by atomic mass is 35.5. The lowest BCUT2D eigenvalue weighted by atomic mass is 10.2. The minimum atomic E-state index is 0.269. The lowest BCUT2D eigenvalue weighted by Crippen LogP contribution is -2.07. The topological polar surface area (TPSA) is 78.8 Å². The summed E-state index contributed by atoms with van der Waals surface area (Å²) in [5.74, 6) is 0.696. The minimum Gasteiger partial charge on any atom is -0.398 e. The van der Waals surface area contributed by atoms with E-state index in [0.29, 0.717) is 16.5 Å². The molecule has 0 bridgehead atoms. The van der Waals surface area contributed by atoms with E-state index >= 15 is 0 Å². The molecule has 0 radical (unpaired) electrons. The summed E-state index contributed by atoms with van der Waals surface area (Å²) in [6.07, 6.45) is 2.19. The van der Waals surface area contributed by atoms with E-state index in [-0.39, 0.29) is 6.10 Å². The first-order chi connectivity index (χ1) is 10.1. The molecule has 0 aliphatic heterocycles. The summed E-state index contributed by atoms with van der Waals surface area (Å²) in [6.45, 7) is 5.56. The standard InChI is InChI=1S/C14H20ClN5O/c1-10(2)21-8-4-3-7-20-14(17-18-19-20)11-5-6-13(16)12(15)9-11/h5-6,9-10H,3-4,7-8,16H2,1-2H3. The molecule has 2 aromatic rings. The van der Waals surface area contributed by atoms with E-state index in [9.17, 15) is 0 Å². The zero-order chi connectivity index (χ0) is 15.2. The van der Waals surface area contributed by atoms with Gasteiger partial charge in [-0.15, -0.1) is 5.10 Å². The van der Waals surface area contributed by atoms with E-state index in [1.165, 1.54) is 0 Å². The zero-order valence-electron chi connectivity index (χ0n) is 12.3. The number of aromatic nitrogens is 4. The molecule has 0 amide bonds. The van der Waals surface area contributed by atoms with E-state index in [4.69, 9.17) is 22.1 Å². The maximum atomic E-state index is 6.04. The van der Waals surface area contributed by atoms with E-state index in [2.05, 4.69) is 15.5 Å². The molecular formula is C14H20ClN5O. The second-order valence-corrected chi connectivity index (χ2v) is 5.50. The highest BCUT2D eigenvalue weighted by Gasteiger charge is 2.10. The van der Waals surface area contributed by atoms with Crippen LogP contribution >= 0.6 is 11.6 Å². The fourth-order valence-electron chi connectivity index (χ4n) is 1.91. The SMILES string of the molecule is CC(C)OCCCCn1nnnc1-c1ccc(N)c(Cl)c1. The maximum absolute atomic E-state index is 6.04. The summed E-state index contributed by atoms with van der Waals surface area (Å²) in [4.78, 5) is 0. The largest absolute Gasteiger partial charge is 0.398 e. The summed E-state index contributed by atoms with van der Waals surface area (Å²) in [5, 5.41) is 12.3. The summed E-state index contributed by atoms with van der Waals surface area (Å²) >= 11 is 6.04. The summed E-state index contributed by atoms with van der Waals surface area (Å²) in [5.41, 5.74) is 7.12. The Bertz CT molecular complexity index is 584. The average molecular weight is 310 g/mol. The van der Waals surface area contributed by atoms with Gasteiger partial charge in [-0.25, -0.2) is 4.68 Å². The molecule has 6 nitrogen and oxygen atoms in total. The fraction of sp³-hybridized carbons (Fsp3) is 0.500. The van der Waals surface area contributed by atoms with Crippen molar-refractivity contribution in [3.05, 3.63) is 23.2 Å². The molecule has 7 heteroatoms. The van der Waals surface area contributed by atoms with Gasteiger partial charge in [-0.1, -0.05) is 11.6 Å². The third-order valence-electron chi connectivity index (χ3n) is 3.01. The number of nitrogens with zero attached hydrogens (tertiary/aromatic N) is 4. The van der Waals surface area contributed by atoms with Crippen LogP contribution in [0.3, 0.4) is 0 Å². The van der Waals surface area contributed by atoms with Crippen molar-refractivity contribution in [2.75, 3.05) is 12.3 Å². The van der Waals surface area contributed by atoms with Crippen LogP contribution in [0.2, 0.25) is 5.02 Å². The smallest absolute Gasteiger partial charge is 0.182 e. The molecule has 0 fully saturated rings. The third kappa shape index (κ3) is 4.41. The number of rotatable bonds is 7. The molecule has 114 valence electrons. The minimum absolute atomic E-state index is 0.269. The normalized spacial score (nSPS) is 11.2. The van der Waals surface area contributed by atoms with E-state index < -0.39 is 0 Å². The van der Waals surface area contributed by atoms with E-state index in [1.54, 1.807) is 16.8 Å². The van der Waals surface area contributed by atoms with Gasteiger partial charge in [0, 0.05) is 18.7 Å². The summed E-state index contributed by atoms with van der Waals surface area (Å²) < 4.78 is 7.29. The van der Waals surface area contributed by atoms with Gasteiger partial charge < -0.3 is 10.5 Å². The predicted molar refractivity (Wildman–Crippen MR) is 83.0 cm³/mol. The monoisotopic (exact) mass is 309 g/mol. The number of nitrogen functional groups attached to an aromatic ring is 1. The molecule has 0 spiro atoms. The van der Waals surface area contributed by atoms with Crippen molar-refractivity contribution in [3.8, 4) is 11.4 Å². The van der Waals surface area contributed by atoms with Gasteiger partial charge in [-0.3, -0.25) is 0 Å². The lowest BCUT2D eigenvalue weighted by molar-refractivity contribution is 0.0753. The summed E-state index contributed by atoms with van der Waals surface area (Å²) in [7, 11) is 0. The maximum Gasteiger partial charge on any atom is 0.182 e. The lowest BCUT2D eigenvalue weighted by Gasteiger charge is -2.08. The number of unbranched alkanes of at least 4 members (excludes halogenated alkanes) is 1. The van der Waals surface area contributed by atoms with Crippen LogP contribution in [0.4, 0.5) is 5.69 Å². The van der Waals surface area contributed by atoms with Crippen LogP contribution in [0, 0.1) is 0 Å². The van der Waals surface area contributed by atoms with Crippen LogP contribution in [-0.4, -0.2) is 32.9 Å². The van der Waals surface area contributed by atoms with Crippen molar-refractivity contribution in [2.45, 2.75) is 39.3 Å². The number of aryl methyl sites for hydroxylation is 1. The molecule has 0 unspecified atom stereocenters. The highest BCUT2D eigenvalue weighted by molar-refractivity contribution is 6.33. The molecule has 1 aromatic heterocycles. The van der Waals surface area contributed by atoms with Gasteiger partial charge in [0.25, 0.3) is 0 Å². The van der Waals surface area contributed by atoms with Gasteiger partial charge in [0.15, 0.2) is 5.82 Å². The van der Waals surface area contributed by atoms with Gasteiger partial charge in [0.05, 0.1) is 16.8 Å². The van der Waals surface area contributed by atoms with Gasteiger partial charge in [0.2, 0.25) is 0 Å². The number of hydrogen-bond donors (Lipinski definition) is 1. The third-order valence-corrected chi connectivity index (χ3v) is 3.33. The molecule has 0 aliphatic carbocycles. The molecule has 0 saturated carbocycles. The second kappa shape index (κ2) is 7.38. The average Bonchev–Trinajstić information content (AvgIpc) is 2.89. The molecule has 1 heterocycles. The van der Waals surface area contributed by atoms with Crippen LogP contribution in [0.25, 0.3) is 11.4 Å². The molecular weight excluding hydrogens is 290 g/mol. The van der Waals surface area contributed by atoms with Crippen LogP contribution in [0.15, 0.2) is 18.2 Å². The Morgan fingerprint density at radius 3 is 2.86 bits per heavy atom. The Labute approximate surface area is 129 Å². The number of halogens is 1. The Balaban J connectivity index is 1.96. The Morgan fingerprint density at radius 2 is 2.14 bits per heavy atom. The number of benzene rings is 1. The van der Waals surface area contributed by atoms with Crippen molar-refractivity contribution >= 4 is 17.3 Å². The quantitative estimate of drug-likeness (QED) is 0.628. The number of nitrogens with two attached hydrogens (primary N) is 1. The number of ether oxygens (including phenoxy) is 1. The Morgan fingerprint density at radius 1 is 1.33 bits per heavy atom. The van der Waals surface area contributed by atoms with Crippen molar-refractivity contribution in [3.63, 3.8) is 0 Å². The van der Waals surface area contributed by atoms with Gasteiger partial charge in [0.1, 0.15) is 0 Å². The van der Waals surface area contributed by atoms with Crippen LogP contribution in [0.1, 0.15) is 26.7 Å². The van der Waals surface area contributed by atoms with Gasteiger partial charge >= 0.3 is 0 Å². The Hall–Kier alpha value is -1.66.